The summed E-state index contributed by atoms with van der Waals surface area (Å²) in [6.45, 7) is 1.81. The predicted octanol–water partition coefficient (Wildman–Crippen LogP) is 1.06. The summed E-state index contributed by atoms with van der Waals surface area (Å²) in [5.74, 6) is -0.404. The minimum atomic E-state index is -3.51. The molecular formula is C15H18N2O6S. The van der Waals surface area contributed by atoms with Gasteiger partial charge >= 0.3 is 12.1 Å². The predicted molar refractivity (Wildman–Crippen MR) is 84.1 cm³/mol. The highest BCUT2D eigenvalue weighted by Gasteiger charge is 2.38. The van der Waals surface area contributed by atoms with Crippen molar-refractivity contribution >= 4 is 22.1 Å². The highest BCUT2D eigenvalue weighted by molar-refractivity contribution is 7.90. The van der Waals surface area contributed by atoms with Crippen LogP contribution in [0.4, 0.5) is 4.79 Å². The normalized spacial score (nSPS) is 18.0. The van der Waals surface area contributed by atoms with E-state index < -0.39 is 33.4 Å². The van der Waals surface area contributed by atoms with E-state index in [1.54, 1.807) is 19.1 Å². The molecule has 9 heteroatoms. The Balaban J connectivity index is 1.93. The van der Waals surface area contributed by atoms with E-state index in [9.17, 15) is 18.0 Å². The van der Waals surface area contributed by atoms with Gasteiger partial charge in [-0.2, -0.15) is 0 Å². The fourth-order valence-electron chi connectivity index (χ4n) is 2.82. The Hall–Kier alpha value is -2.13. The van der Waals surface area contributed by atoms with Crippen molar-refractivity contribution in [3.05, 3.63) is 34.4 Å². The third-order valence-corrected chi connectivity index (χ3v) is 6.27. The molecule has 1 aromatic rings. The molecule has 0 unspecified atom stereocenters. The van der Waals surface area contributed by atoms with Gasteiger partial charge < -0.3 is 15.2 Å². The highest BCUT2D eigenvalue weighted by Crippen LogP contribution is 2.32. The number of nitrogens with one attached hydrogen (secondary N) is 2. The number of hydrogen-bond acceptors (Lipinski definition) is 5. The van der Waals surface area contributed by atoms with Crippen LogP contribution in [0.25, 0.3) is 0 Å². The third-order valence-electron chi connectivity index (χ3n) is 4.31. The fraction of sp³-hybridized carbons (Fsp3) is 0.467. The standard InChI is InChI=1S/C15H18N2O6S/c1-8-10(4-5-11-12(8)7-23-14(11)18)13(6-16-15(19)20)17-24(21,22)9-2-3-9/h4-5,9,13,16-17H,2-3,6-7H2,1H3,(H,19,20)/t13-/m0/s1. The van der Waals surface area contributed by atoms with Crippen molar-refractivity contribution in [3.63, 3.8) is 0 Å². The number of sulfonamides is 1. The number of rotatable bonds is 6. The van der Waals surface area contributed by atoms with Crippen LogP contribution in [0.1, 0.15) is 45.9 Å². The second kappa shape index (κ2) is 6.06. The Kier molecular flexibility index (Phi) is 4.22. The first-order valence-corrected chi connectivity index (χ1v) is 9.11. The second-order valence-electron chi connectivity index (χ2n) is 5.98. The molecule has 0 aromatic heterocycles. The van der Waals surface area contributed by atoms with Crippen LogP contribution in [0.2, 0.25) is 0 Å². The van der Waals surface area contributed by atoms with Gasteiger partial charge in [0.25, 0.3) is 0 Å². The quantitative estimate of drug-likeness (QED) is 0.657. The average molecular weight is 354 g/mol. The number of cyclic esters (lactones) is 1. The molecule has 24 heavy (non-hydrogen) atoms. The number of amides is 1. The lowest BCUT2D eigenvalue weighted by Crippen LogP contribution is -2.39. The maximum Gasteiger partial charge on any atom is 0.404 e. The number of esters is 1. The Labute approximate surface area is 139 Å². The zero-order valence-corrected chi connectivity index (χ0v) is 13.9. The van der Waals surface area contributed by atoms with Crippen LogP contribution in [0.3, 0.4) is 0 Å². The van der Waals surface area contributed by atoms with Gasteiger partial charge in [-0.25, -0.2) is 22.7 Å². The van der Waals surface area contributed by atoms with Gasteiger partial charge in [0.15, 0.2) is 0 Å². The van der Waals surface area contributed by atoms with Crippen LogP contribution in [-0.4, -0.2) is 37.4 Å². The topological polar surface area (TPSA) is 122 Å². The van der Waals surface area contributed by atoms with Crippen molar-refractivity contribution < 1.29 is 27.9 Å². The molecule has 1 aromatic carbocycles. The summed E-state index contributed by atoms with van der Waals surface area (Å²) in [4.78, 5) is 22.4. The molecule has 1 amide bonds. The molecule has 130 valence electrons. The van der Waals surface area contributed by atoms with Gasteiger partial charge in [-0.3, -0.25) is 0 Å². The summed E-state index contributed by atoms with van der Waals surface area (Å²) in [7, 11) is -3.51. The molecule has 0 radical (unpaired) electrons. The maximum absolute atomic E-state index is 12.3. The molecule has 1 saturated carbocycles. The zero-order valence-electron chi connectivity index (χ0n) is 13.0. The molecule has 1 aliphatic carbocycles. The van der Waals surface area contributed by atoms with E-state index in [0.29, 0.717) is 29.5 Å². The molecule has 1 fully saturated rings. The average Bonchev–Trinajstić information content (AvgIpc) is 3.30. The number of ether oxygens (including phenoxy) is 1. The van der Waals surface area contributed by atoms with Crippen molar-refractivity contribution in [1.29, 1.82) is 0 Å². The van der Waals surface area contributed by atoms with E-state index in [0.717, 1.165) is 5.56 Å². The lowest BCUT2D eigenvalue weighted by molar-refractivity contribution is 0.0535. The maximum atomic E-state index is 12.3. The molecule has 8 nitrogen and oxygen atoms in total. The smallest absolute Gasteiger partial charge is 0.404 e. The van der Waals surface area contributed by atoms with Gasteiger partial charge in [0.05, 0.1) is 16.9 Å². The largest absolute Gasteiger partial charge is 0.465 e. The molecule has 1 heterocycles. The molecular weight excluding hydrogens is 336 g/mol. The van der Waals surface area contributed by atoms with Crippen LogP contribution in [-0.2, 0) is 21.4 Å². The molecule has 2 aliphatic rings. The second-order valence-corrected chi connectivity index (χ2v) is 7.98. The van der Waals surface area contributed by atoms with Gasteiger partial charge in [-0.1, -0.05) is 6.07 Å². The van der Waals surface area contributed by atoms with E-state index in [2.05, 4.69) is 10.0 Å². The number of carbonyl (C=O) groups excluding carboxylic acids is 1. The Morgan fingerprint density at radius 3 is 2.75 bits per heavy atom. The summed E-state index contributed by atoms with van der Waals surface area (Å²) >= 11 is 0. The lowest BCUT2D eigenvalue weighted by Gasteiger charge is -2.22. The third kappa shape index (κ3) is 3.22. The first-order valence-electron chi connectivity index (χ1n) is 7.57. The van der Waals surface area contributed by atoms with Crippen molar-refractivity contribution in [1.82, 2.24) is 10.0 Å². The van der Waals surface area contributed by atoms with Gasteiger partial charge in [0.1, 0.15) is 6.61 Å². The molecule has 3 N–H and O–H groups in total. The van der Waals surface area contributed by atoms with Crippen LogP contribution >= 0.6 is 0 Å². The van der Waals surface area contributed by atoms with E-state index in [1.807, 2.05) is 0 Å². The van der Waals surface area contributed by atoms with Crippen LogP contribution in [0.15, 0.2) is 12.1 Å². The summed E-state index contributed by atoms with van der Waals surface area (Å²) < 4.78 is 32.1. The van der Waals surface area contributed by atoms with E-state index in [1.165, 1.54) is 0 Å². The van der Waals surface area contributed by atoms with Gasteiger partial charge in [0, 0.05) is 12.1 Å². The molecule has 0 saturated heterocycles. The van der Waals surface area contributed by atoms with E-state index in [-0.39, 0.29) is 13.2 Å². The SMILES string of the molecule is Cc1c([C@H](CNC(=O)O)NS(=O)(=O)C2CC2)ccc2c1COC2=O. The Morgan fingerprint density at radius 1 is 1.42 bits per heavy atom. The van der Waals surface area contributed by atoms with Gasteiger partial charge in [-0.05, 0) is 37.0 Å². The first kappa shape index (κ1) is 16.7. The van der Waals surface area contributed by atoms with Crippen molar-refractivity contribution in [3.8, 4) is 0 Å². The molecule has 3 rings (SSSR count). The van der Waals surface area contributed by atoms with Crippen LogP contribution < -0.4 is 10.0 Å². The minimum absolute atomic E-state index is 0.101. The highest BCUT2D eigenvalue weighted by atomic mass is 32.2. The van der Waals surface area contributed by atoms with Crippen LogP contribution in [0, 0.1) is 6.92 Å². The van der Waals surface area contributed by atoms with Gasteiger partial charge in [-0.15, -0.1) is 0 Å². The number of carboxylic acid groups (broad SMARTS) is 1. The Bertz CT molecular complexity index is 800. The number of benzene rings is 1. The summed E-state index contributed by atoms with van der Waals surface area (Å²) in [5.41, 5.74) is 2.54. The van der Waals surface area contributed by atoms with Crippen LogP contribution in [0.5, 0.6) is 0 Å². The van der Waals surface area contributed by atoms with Crippen molar-refractivity contribution in [2.24, 2.45) is 0 Å². The molecule has 0 bridgehead atoms. The van der Waals surface area contributed by atoms with Gasteiger partial charge in [0.2, 0.25) is 10.0 Å². The fourth-order valence-corrected chi connectivity index (χ4v) is 4.38. The monoisotopic (exact) mass is 354 g/mol. The summed E-state index contributed by atoms with van der Waals surface area (Å²) in [6, 6.07) is 2.49. The zero-order chi connectivity index (χ0) is 17.5. The number of fused-ring (bicyclic) bond motifs is 1. The summed E-state index contributed by atoms with van der Waals surface area (Å²) in [6.07, 6.45) is -0.0113. The van der Waals surface area contributed by atoms with E-state index in [4.69, 9.17) is 9.84 Å². The first-order chi connectivity index (χ1) is 11.3. The Morgan fingerprint density at radius 2 is 2.12 bits per heavy atom. The van der Waals surface area contributed by atoms with E-state index >= 15 is 0 Å². The molecule has 0 spiro atoms. The lowest BCUT2D eigenvalue weighted by atomic mass is 9.94. The molecule has 1 aliphatic heterocycles. The van der Waals surface area contributed by atoms with Crippen molar-refractivity contribution in [2.45, 2.75) is 37.7 Å². The number of carbonyl (C=O) groups is 2. The molecule has 1 atom stereocenters. The minimum Gasteiger partial charge on any atom is -0.465 e. The summed E-state index contributed by atoms with van der Waals surface area (Å²) in [5, 5.41) is 10.6. The number of hydrogen-bond donors (Lipinski definition) is 3. The van der Waals surface area contributed by atoms with Crippen molar-refractivity contribution in [2.75, 3.05) is 6.54 Å².